The Morgan fingerprint density at radius 2 is 1.82 bits per heavy atom. The molecule has 0 spiro atoms. The maximum absolute atomic E-state index is 12.7. The van der Waals surface area contributed by atoms with Crippen LogP contribution in [0.2, 0.25) is 25.7 Å². The minimum atomic E-state index is -3.39. The van der Waals surface area contributed by atoms with Crippen molar-refractivity contribution in [2.45, 2.75) is 37.5 Å². The Bertz CT molecular complexity index is 688. The van der Waals surface area contributed by atoms with Crippen LogP contribution in [0.3, 0.4) is 0 Å². The van der Waals surface area contributed by atoms with Gasteiger partial charge in [0.15, 0.2) is 0 Å². The zero-order chi connectivity index (χ0) is 16.1. The lowest BCUT2D eigenvalue weighted by Crippen LogP contribution is -2.30. The van der Waals surface area contributed by atoms with E-state index in [1.807, 2.05) is 19.1 Å². The molecule has 1 heterocycles. The molecule has 0 amide bonds. The van der Waals surface area contributed by atoms with Crippen LogP contribution in [0.4, 0.5) is 0 Å². The zero-order valence-electron chi connectivity index (χ0n) is 13.8. The average molecular weight is 336 g/mol. The summed E-state index contributed by atoms with van der Waals surface area (Å²) in [5.74, 6) is 1.83. The van der Waals surface area contributed by atoms with Crippen molar-refractivity contribution in [3.05, 3.63) is 42.1 Å². The van der Waals surface area contributed by atoms with Crippen LogP contribution in [-0.4, -0.2) is 27.3 Å². The number of rotatable bonds is 4. The molecule has 3 unspecified atom stereocenters. The molecule has 0 aromatic heterocycles. The number of sulfonamides is 1. The molecule has 3 nitrogen and oxygen atoms in total. The van der Waals surface area contributed by atoms with Crippen LogP contribution < -0.4 is 0 Å². The first-order valence-corrected chi connectivity index (χ1v) is 13.1. The lowest BCUT2D eigenvalue weighted by Gasteiger charge is -2.23. The molecule has 1 aromatic carbocycles. The van der Waals surface area contributed by atoms with Gasteiger partial charge in [-0.05, 0) is 36.8 Å². The highest BCUT2D eigenvalue weighted by molar-refractivity contribution is 7.89. The number of fused-ring (bicyclic) bond motifs is 1. The Morgan fingerprint density at radius 1 is 1.18 bits per heavy atom. The fourth-order valence-corrected chi connectivity index (χ4v) is 6.84. The first-order valence-electron chi connectivity index (χ1n) is 7.95. The summed E-state index contributed by atoms with van der Waals surface area (Å²) >= 11 is 0. The fourth-order valence-electron chi connectivity index (χ4n) is 3.50. The lowest BCUT2D eigenvalue weighted by atomic mass is 10.2. The molecule has 0 bridgehead atoms. The summed E-state index contributed by atoms with van der Waals surface area (Å²) in [6.45, 7) is 9.78. The van der Waals surface area contributed by atoms with Gasteiger partial charge in [-0.25, -0.2) is 8.42 Å². The van der Waals surface area contributed by atoms with E-state index in [0.29, 0.717) is 29.2 Å². The monoisotopic (exact) mass is 335 g/mol. The second-order valence-electron chi connectivity index (χ2n) is 7.90. The van der Waals surface area contributed by atoms with Crippen LogP contribution in [0.1, 0.15) is 5.56 Å². The van der Waals surface area contributed by atoms with Crippen molar-refractivity contribution in [2.75, 3.05) is 6.54 Å². The third-order valence-corrected chi connectivity index (χ3v) is 8.19. The Balaban J connectivity index is 1.75. The Labute approximate surface area is 135 Å². The van der Waals surface area contributed by atoms with Gasteiger partial charge < -0.3 is 0 Å². The van der Waals surface area contributed by atoms with E-state index >= 15 is 0 Å². The number of hydrogen-bond donors (Lipinski definition) is 0. The van der Waals surface area contributed by atoms with Crippen molar-refractivity contribution >= 4 is 18.1 Å². The fraction of sp³-hybridized carbons (Fsp3) is 0.529. The van der Waals surface area contributed by atoms with Crippen LogP contribution in [0.15, 0.2) is 41.4 Å². The standard InChI is InChI=1S/C17H25NO2SSi/c1-13-5-7-14(8-6-13)21(19,20)18-10-9-15-16(11-18)17(15)12-22(2,3)4/h5-10,15-17H,11-12H2,1-4H3. The van der Waals surface area contributed by atoms with Gasteiger partial charge in [-0.1, -0.05) is 49.5 Å². The van der Waals surface area contributed by atoms with Crippen molar-refractivity contribution in [3.63, 3.8) is 0 Å². The van der Waals surface area contributed by atoms with E-state index < -0.39 is 18.1 Å². The first-order chi connectivity index (χ1) is 10.2. The van der Waals surface area contributed by atoms with Gasteiger partial charge in [0.05, 0.1) is 4.90 Å². The van der Waals surface area contributed by atoms with Gasteiger partial charge in [-0.3, -0.25) is 4.31 Å². The number of benzene rings is 1. The van der Waals surface area contributed by atoms with Crippen molar-refractivity contribution < 1.29 is 8.42 Å². The highest BCUT2D eigenvalue weighted by Gasteiger charge is 2.52. The van der Waals surface area contributed by atoms with E-state index in [9.17, 15) is 8.42 Å². The number of nitrogens with zero attached hydrogens (tertiary/aromatic N) is 1. The third kappa shape index (κ3) is 3.01. The van der Waals surface area contributed by atoms with E-state index in [0.717, 1.165) is 5.56 Å². The SMILES string of the molecule is Cc1ccc(S(=O)(=O)N2C=CC3C(C2)C3C[Si](C)(C)C)cc1. The summed E-state index contributed by atoms with van der Waals surface area (Å²) < 4.78 is 27.0. The van der Waals surface area contributed by atoms with Crippen molar-refractivity contribution in [1.29, 1.82) is 0 Å². The van der Waals surface area contributed by atoms with E-state index in [2.05, 4.69) is 25.7 Å². The maximum Gasteiger partial charge on any atom is 0.263 e. The smallest absolute Gasteiger partial charge is 0.263 e. The Kier molecular flexibility index (Phi) is 3.76. The molecule has 0 saturated heterocycles. The molecule has 22 heavy (non-hydrogen) atoms. The molecule has 1 saturated carbocycles. The first kappa shape index (κ1) is 15.8. The molecule has 1 aliphatic heterocycles. The summed E-state index contributed by atoms with van der Waals surface area (Å²) in [5, 5.41) is 0. The van der Waals surface area contributed by atoms with Gasteiger partial charge in [-0.2, -0.15) is 0 Å². The number of aryl methyl sites for hydroxylation is 1. The topological polar surface area (TPSA) is 37.4 Å². The summed E-state index contributed by atoms with van der Waals surface area (Å²) in [6, 6.07) is 8.42. The predicted molar refractivity (Wildman–Crippen MR) is 92.8 cm³/mol. The molecule has 2 aliphatic rings. The van der Waals surface area contributed by atoms with Crippen molar-refractivity contribution in [3.8, 4) is 0 Å². The molecule has 1 aliphatic carbocycles. The summed E-state index contributed by atoms with van der Waals surface area (Å²) in [5.41, 5.74) is 1.07. The normalized spacial score (nSPS) is 27.6. The van der Waals surface area contributed by atoms with Gasteiger partial charge in [0, 0.05) is 20.8 Å². The Hall–Kier alpha value is -1.07. The molecular weight excluding hydrogens is 310 g/mol. The van der Waals surface area contributed by atoms with Gasteiger partial charge in [0.25, 0.3) is 10.0 Å². The highest BCUT2D eigenvalue weighted by atomic mass is 32.2. The molecule has 0 N–H and O–H groups in total. The third-order valence-electron chi connectivity index (χ3n) is 4.74. The maximum atomic E-state index is 12.7. The van der Waals surface area contributed by atoms with E-state index in [4.69, 9.17) is 0 Å². The largest absolute Gasteiger partial charge is 0.273 e. The molecule has 1 aromatic rings. The minimum absolute atomic E-state index is 0.392. The predicted octanol–water partition coefficient (Wildman–Crippen LogP) is 3.71. The summed E-state index contributed by atoms with van der Waals surface area (Å²) in [7, 11) is -4.48. The zero-order valence-corrected chi connectivity index (χ0v) is 15.6. The quantitative estimate of drug-likeness (QED) is 0.787. The van der Waals surface area contributed by atoms with Crippen molar-refractivity contribution in [1.82, 2.24) is 4.31 Å². The molecule has 1 fully saturated rings. The van der Waals surface area contributed by atoms with Crippen LogP contribution in [0.25, 0.3) is 0 Å². The molecule has 0 radical (unpaired) electrons. The number of allylic oxidation sites excluding steroid dienone is 1. The summed E-state index contributed by atoms with van der Waals surface area (Å²) in [4.78, 5) is 0.392. The van der Waals surface area contributed by atoms with Gasteiger partial charge in [-0.15, -0.1) is 0 Å². The second-order valence-corrected chi connectivity index (χ2v) is 15.3. The van der Waals surface area contributed by atoms with E-state index in [1.54, 1.807) is 22.6 Å². The van der Waals surface area contributed by atoms with E-state index in [-0.39, 0.29) is 0 Å². The number of hydrogen-bond acceptors (Lipinski definition) is 2. The lowest BCUT2D eigenvalue weighted by molar-refractivity contribution is 0.458. The van der Waals surface area contributed by atoms with Gasteiger partial charge >= 0.3 is 0 Å². The Morgan fingerprint density at radius 3 is 2.41 bits per heavy atom. The van der Waals surface area contributed by atoms with Crippen LogP contribution in [-0.2, 0) is 10.0 Å². The van der Waals surface area contributed by atoms with Gasteiger partial charge in [0.2, 0.25) is 0 Å². The second kappa shape index (κ2) is 5.23. The minimum Gasteiger partial charge on any atom is -0.273 e. The van der Waals surface area contributed by atoms with E-state index in [1.165, 1.54) is 6.04 Å². The average Bonchev–Trinajstić information content (AvgIpc) is 3.09. The summed E-state index contributed by atoms with van der Waals surface area (Å²) in [6.07, 6.45) is 3.91. The van der Waals surface area contributed by atoms with Crippen molar-refractivity contribution in [2.24, 2.45) is 17.8 Å². The molecule has 120 valence electrons. The molecule has 3 atom stereocenters. The van der Waals surface area contributed by atoms with Crippen LogP contribution in [0, 0.1) is 24.7 Å². The molecule has 3 rings (SSSR count). The van der Waals surface area contributed by atoms with Gasteiger partial charge in [0.1, 0.15) is 0 Å². The molecular formula is C17H25NO2SSi. The van der Waals surface area contributed by atoms with Crippen LogP contribution in [0.5, 0.6) is 0 Å². The van der Waals surface area contributed by atoms with Crippen LogP contribution >= 0.6 is 0 Å². The molecule has 5 heteroatoms. The highest BCUT2D eigenvalue weighted by Crippen LogP contribution is 2.54.